The number of nitrogens with one attached hydrogen (secondary N) is 1. The summed E-state index contributed by atoms with van der Waals surface area (Å²) in [5.74, 6) is 0.633. The van der Waals surface area contributed by atoms with Crippen LogP contribution in [0.5, 0.6) is 0 Å². The summed E-state index contributed by atoms with van der Waals surface area (Å²) in [6, 6.07) is 10.5. The van der Waals surface area contributed by atoms with Gasteiger partial charge in [0.05, 0.1) is 0 Å². The van der Waals surface area contributed by atoms with Crippen LogP contribution < -0.4 is 5.32 Å². The second-order valence-electron chi connectivity index (χ2n) is 5.33. The van der Waals surface area contributed by atoms with Gasteiger partial charge in [-0.05, 0) is 42.7 Å². The summed E-state index contributed by atoms with van der Waals surface area (Å²) in [5, 5.41) is 3.29. The highest BCUT2D eigenvalue weighted by atomic mass is 19.1. The van der Waals surface area contributed by atoms with E-state index in [1.165, 1.54) is 17.7 Å². The van der Waals surface area contributed by atoms with Crippen LogP contribution >= 0.6 is 0 Å². The maximum atomic E-state index is 13.0. The van der Waals surface area contributed by atoms with Crippen molar-refractivity contribution in [3.8, 4) is 0 Å². The van der Waals surface area contributed by atoms with Crippen LogP contribution in [0.2, 0.25) is 0 Å². The number of aromatic nitrogens is 1. The maximum Gasteiger partial charge on any atom is 0.193 e. The molecule has 0 aliphatic rings. The predicted molar refractivity (Wildman–Crippen MR) is 91.8 cm³/mol. The number of nitrogens with zero attached hydrogens (tertiary/aromatic N) is 3. The van der Waals surface area contributed by atoms with E-state index in [-0.39, 0.29) is 5.82 Å². The van der Waals surface area contributed by atoms with Gasteiger partial charge in [-0.2, -0.15) is 0 Å². The van der Waals surface area contributed by atoms with Gasteiger partial charge in [-0.25, -0.2) is 4.39 Å². The summed E-state index contributed by atoms with van der Waals surface area (Å²) in [5.41, 5.74) is 2.22. The molecule has 23 heavy (non-hydrogen) atoms. The number of pyridine rings is 1. The topological polar surface area (TPSA) is 40.5 Å². The summed E-state index contributed by atoms with van der Waals surface area (Å²) in [7, 11) is 1.98. The minimum atomic E-state index is -0.214. The van der Waals surface area contributed by atoms with E-state index in [1.54, 1.807) is 18.3 Å². The molecule has 0 aliphatic heterocycles. The van der Waals surface area contributed by atoms with Crippen molar-refractivity contribution in [1.29, 1.82) is 0 Å². The molecule has 0 aliphatic carbocycles. The third kappa shape index (κ3) is 5.70. The Bertz CT molecular complexity index is 611. The van der Waals surface area contributed by atoms with Crippen LogP contribution in [0.15, 0.2) is 53.8 Å². The third-order valence-corrected chi connectivity index (χ3v) is 3.41. The number of benzene rings is 1. The van der Waals surface area contributed by atoms with Crippen LogP contribution in [0.3, 0.4) is 0 Å². The molecule has 0 radical (unpaired) electrons. The summed E-state index contributed by atoms with van der Waals surface area (Å²) in [4.78, 5) is 10.8. The van der Waals surface area contributed by atoms with Gasteiger partial charge >= 0.3 is 0 Å². The van der Waals surface area contributed by atoms with Gasteiger partial charge < -0.3 is 10.2 Å². The zero-order chi connectivity index (χ0) is 16.5. The number of halogens is 1. The fraction of sp³-hybridized carbons (Fsp3) is 0.333. The van der Waals surface area contributed by atoms with E-state index in [4.69, 9.17) is 0 Å². The molecule has 0 saturated heterocycles. The third-order valence-electron chi connectivity index (χ3n) is 3.41. The quantitative estimate of drug-likeness (QED) is 0.658. The molecule has 1 heterocycles. The Balaban J connectivity index is 1.95. The minimum Gasteiger partial charge on any atom is -0.357 e. The van der Waals surface area contributed by atoms with E-state index in [2.05, 4.69) is 21.4 Å². The predicted octanol–water partition coefficient (Wildman–Crippen LogP) is 2.86. The van der Waals surface area contributed by atoms with Crippen LogP contribution in [0.4, 0.5) is 4.39 Å². The van der Waals surface area contributed by atoms with Crippen LogP contribution in [0.25, 0.3) is 0 Å². The van der Waals surface area contributed by atoms with E-state index in [0.717, 1.165) is 24.5 Å². The Hall–Kier alpha value is -2.43. The minimum absolute atomic E-state index is 0.214. The maximum absolute atomic E-state index is 13.0. The first-order chi connectivity index (χ1) is 11.2. The molecule has 1 N–H and O–H groups in total. The van der Waals surface area contributed by atoms with Crippen molar-refractivity contribution in [2.75, 3.05) is 20.1 Å². The summed E-state index contributed by atoms with van der Waals surface area (Å²) in [6.07, 6.45) is 4.49. The van der Waals surface area contributed by atoms with Gasteiger partial charge in [0.25, 0.3) is 0 Å². The van der Waals surface area contributed by atoms with Gasteiger partial charge in [0.2, 0.25) is 0 Å². The lowest BCUT2D eigenvalue weighted by Gasteiger charge is -2.22. The lowest BCUT2D eigenvalue weighted by Crippen LogP contribution is -2.38. The first kappa shape index (κ1) is 16.9. The highest BCUT2D eigenvalue weighted by Crippen LogP contribution is 2.06. The highest BCUT2D eigenvalue weighted by Gasteiger charge is 2.06. The van der Waals surface area contributed by atoms with Crippen molar-refractivity contribution in [2.45, 2.75) is 19.9 Å². The number of guanidine groups is 1. The van der Waals surface area contributed by atoms with Crippen LogP contribution in [0.1, 0.15) is 18.1 Å². The molecule has 5 heteroatoms. The Kier molecular flexibility index (Phi) is 6.54. The van der Waals surface area contributed by atoms with E-state index in [9.17, 15) is 4.39 Å². The first-order valence-electron chi connectivity index (χ1n) is 7.82. The summed E-state index contributed by atoms with van der Waals surface area (Å²) < 4.78 is 13.0. The van der Waals surface area contributed by atoms with Crippen LogP contribution in [0, 0.1) is 5.82 Å². The monoisotopic (exact) mass is 314 g/mol. The summed E-state index contributed by atoms with van der Waals surface area (Å²) >= 11 is 0. The molecule has 0 amide bonds. The van der Waals surface area contributed by atoms with Crippen molar-refractivity contribution in [3.05, 3.63) is 65.7 Å². The van der Waals surface area contributed by atoms with Gasteiger partial charge in [0, 0.05) is 39.1 Å². The standard InChI is InChI=1S/C18H23FN4/c1-3-21-18(22-12-10-15-5-4-11-20-13-15)23(2)14-16-6-8-17(19)9-7-16/h4-9,11,13H,3,10,12,14H2,1-2H3,(H,21,22). The molecule has 0 atom stereocenters. The zero-order valence-corrected chi connectivity index (χ0v) is 13.7. The molecular weight excluding hydrogens is 291 g/mol. The molecule has 1 aromatic carbocycles. The molecule has 122 valence electrons. The van der Waals surface area contributed by atoms with Crippen LogP contribution in [-0.2, 0) is 13.0 Å². The fourth-order valence-corrected chi connectivity index (χ4v) is 2.25. The molecule has 4 nitrogen and oxygen atoms in total. The second kappa shape index (κ2) is 8.88. The van der Waals surface area contributed by atoms with Crippen molar-refractivity contribution in [1.82, 2.24) is 15.2 Å². The van der Waals surface area contributed by atoms with Gasteiger partial charge in [0.15, 0.2) is 5.96 Å². The first-order valence-corrected chi connectivity index (χ1v) is 7.82. The Morgan fingerprint density at radius 1 is 1.22 bits per heavy atom. The highest BCUT2D eigenvalue weighted by molar-refractivity contribution is 5.79. The van der Waals surface area contributed by atoms with Gasteiger partial charge in [-0.15, -0.1) is 0 Å². The second-order valence-corrected chi connectivity index (χ2v) is 5.33. The van der Waals surface area contributed by atoms with Gasteiger partial charge in [0.1, 0.15) is 5.82 Å². The molecule has 0 spiro atoms. The molecule has 1 aromatic heterocycles. The zero-order valence-electron chi connectivity index (χ0n) is 13.7. The smallest absolute Gasteiger partial charge is 0.193 e. The average Bonchev–Trinajstić information content (AvgIpc) is 2.57. The van der Waals surface area contributed by atoms with E-state index < -0.39 is 0 Å². The average molecular weight is 314 g/mol. The molecular formula is C18H23FN4. The largest absolute Gasteiger partial charge is 0.357 e. The van der Waals surface area contributed by atoms with Crippen molar-refractivity contribution >= 4 is 5.96 Å². The Morgan fingerprint density at radius 2 is 2.00 bits per heavy atom. The Morgan fingerprint density at radius 3 is 2.65 bits per heavy atom. The SMILES string of the molecule is CCNC(=NCCc1cccnc1)N(C)Cc1ccc(F)cc1. The normalized spacial score (nSPS) is 11.3. The molecule has 0 fully saturated rings. The Labute approximate surface area is 137 Å². The lowest BCUT2D eigenvalue weighted by atomic mass is 10.2. The van der Waals surface area contributed by atoms with Gasteiger partial charge in [-0.1, -0.05) is 18.2 Å². The van der Waals surface area contributed by atoms with Crippen molar-refractivity contribution in [3.63, 3.8) is 0 Å². The molecule has 2 rings (SSSR count). The van der Waals surface area contributed by atoms with Gasteiger partial charge in [-0.3, -0.25) is 9.98 Å². The van der Waals surface area contributed by atoms with Crippen LogP contribution in [-0.4, -0.2) is 36.0 Å². The van der Waals surface area contributed by atoms with Crippen molar-refractivity contribution in [2.24, 2.45) is 4.99 Å². The van der Waals surface area contributed by atoms with E-state index in [0.29, 0.717) is 13.1 Å². The van der Waals surface area contributed by atoms with E-state index >= 15 is 0 Å². The van der Waals surface area contributed by atoms with Crippen molar-refractivity contribution < 1.29 is 4.39 Å². The summed E-state index contributed by atoms with van der Waals surface area (Å²) in [6.45, 7) is 4.22. The number of aliphatic imine (C=N–C) groups is 1. The molecule has 0 unspecified atom stereocenters. The molecule has 0 bridgehead atoms. The van der Waals surface area contributed by atoms with E-state index in [1.807, 2.05) is 31.1 Å². The molecule has 2 aromatic rings. The number of rotatable bonds is 6. The fourth-order valence-electron chi connectivity index (χ4n) is 2.25. The molecule has 0 saturated carbocycles. The number of hydrogen-bond acceptors (Lipinski definition) is 2. The number of hydrogen-bond donors (Lipinski definition) is 1. The lowest BCUT2D eigenvalue weighted by molar-refractivity contribution is 0.476.